The molecule has 6 heteroatoms. The molecule has 0 fully saturated rings. The van der Waals surface area contributed by atoms with Crippen molar-refractivity contribution in [2.45, 2.75) is 45.4 Å². The standard InChI is InChI=1S/C41H42O6/c1-6-7-12-30-27-32(19-22-38(30)45-24-26-47-40(43)29(4)5)41(36-15-10-8-13-34(36)35-14-9-11-16-37(35)41)31-17-20-33(21-18-31)44-23-25-46-39(42)28(2)3/h8-11,13-22,27H,2,4,6-7,12,23-26H2,1,3,5H3. The minimum Gasteiger partial charge on any atom is -0.490 e. The maximum Gasteiger partial charge on any atom is 0.333 e. The number of carbonyl (C=O) groups is 2. The van der Waals surface area contributed by atoms with Crippen molar-refractivity contribution in [3.63, 3.8) is 0 Å². The highest BCUT2D eigenvalue weighted by Crippen LogP contribution is 2.56. The van der Waals surface area contributed by atoms with E-state index >= 15 is 0 Å². The third kappa shape index (κ3) is 7.02. The first-order chi connectivity index (χ1) is 22.8. The highest BCUT2D eigenvalue weighted by molar-refractivity contribution is 5.88. The van der Waals surface area contributed by atoms with E-state index in [9.17, 15) is 9.59 Å². The van der Waals surface area contributed by atoms with Crippen LogP contribution in [0.1, 0.15) is 61.4 Å². The number of benzene rings is 4. The highest BCUT2D eigenvalue weighted by atomic mass is 16.6. The third-order valence-corrected chi connectivity index (χ3v) is 8.39. The lowest BCUT2D eigenvalue weighted by Crippen LogP contribution is -2.29. The van der Waals surface area contributed by atoms with Crippen LogP contribution in [0.5, 0.6) is 11.5 Å². The summed E-state index contributed by atoms with van der Waals surface area (Å²) in [5, 5.41) is 0. The fourth-order valence-electron chi connectivity index (χ4n) is 6.17. The SMILES string of the molecule is C=C(C)C(=O)OCCOc1ccc(C2(c3ccc(OCCOC(=O)C(=C)C)c(CCCC)c3)c3ccccc3-c3ccccc32)cc1. The third-order valence-electron chi connectivity index (χ3n) is 8.39. The first-order valence-corrected chi connectivity index (χ1v) is 16.1. The number of rotatable bonds is 15. The zero-order chi connectivity index (χ0) is 33.4. The lowest BCUT2D eigenvalue weighted by atomic mass is 9.67. The number of aryl methyl sites for hydroxylation is 1. The smallest absolute Gasteiger partial charge is 0.333 e. The van der Waals surface area contributed by atoms with Crippen molar-refractivity contribution < 1.29 is 28.5 Å². The second-order valence-electron chi connectivity index (χ2n) is 11.8. The molecule has 0 radical (unpaired) electrons. The van der Waals surface area contributed by atoms with Crippen LogP contribution in [0.3, 0.4) is 0 Å². The Balaban J connectivity index is 1.53. The first-order valence-electron chi connectivity index (χ1n) is 16.1. The molecule has 0 aromatic heterocycles. The normalized spacial score (nSPS) is 12.4. The van der Waals surface area contributed by atoms with Gasteiger partial charge >= 0.3 is 11.9 Å². The van der Waals surface area contributed by atoms with Crippen molar-refractivity contribution in [3.05, 3.63) is 143 Å². The molecule has 0 bridgehead atoms. The van der Waals surface area contributed by atoms with E-state index in [0.29, 0.717) is 16.9 Å². The van der Waals surface area contributed by atoms with Crippen LogP contribution in [0.2, 0.25) is 0 Å². The Morgan fingerprint density at radius 2 is 1.19 bits per heavy atom. The summed E-state index contributed by atoms with van der Waals surface area (Å²) < 4.78 is 22.6. The van der Waals surface area contributed by atoms with Crippen LogP contribution in [0, 0.1) is 0 Å². The van der Waals surface area contributed by atoms with E-state index in [1.54, 1.807) is 13.8 Å². The molecule has 0 atom stereocenters. The molecule has 0 N–H and O–H groups in total. The topological polar surface area (TPSA) is 71.1 Å². The number of fused-ring (bicyclic) bond motifs is 3. The lowest BCUT2D eigenvalue weighted by Gasteiger charge is -2.34. The summed E-state index contributed by atoms with van der Waals surface area (Å²) >= 11 is 0. The number of hydrogen-bond acceptors (Lipinski definition) is 6. The van der Waals surface area contributed by atoms with E-state index in [-0.39, 0.29) is 26.4 Å². The molecule has 0 saturated heterocycles. The van der Waals surface area contributed by atoms with Crippen molar-refractivity contribution in [1.29, 1.82) is 0 Å². The molecule has 5 rings (SSSR count). The Hall–Kier alpha value is -5.10. The van der Waals surface area contributed by atoms with Crippen LogP contribution in [-0.2, 0) is 30.9 Å². The second kappa shape index (κ2) is 15.0. The van der Waals surface area contributed by atoms with E-state index in [0.717, 1.165) is 41.7 Å². The molecule has 1 aliphatic rings. The van der Waals surface area contributed by atoms with Gasteiger partial charge in [0.05, 0.1) is 5.41 Å². The Morgan fingerprint density at radius 3 is 1.74 bits per heavy atom. The fraction of sp³-hybridized carbons (Fsp3) is 0.268. The van der Waals surface area contributed by atoms with Gasteiger partial charge in [0.1, 0.15) is 37.9 Å². The molecule has 47 heavy (non-hydrogen) atoms. The van der Waals surface area contributed by atoms with Gasteiger partial charge in [-0.1, -0.05) is 99.3 Å². The van der Waals surface area contributed by atoms with E-state index < -0.39 is 17.4 Å². The number of unbranched alkanes of at least 4 members (excludes halogenated alkanes) is 1. The van der Waals surface area contributed by atoms with E-state index in [1.165, 1.54) is 22.3 Å². The predicted molar refractivity (Wildman–Crippen MR) is 185 cm³/mol. The van der Waals surface area contributed by atoms with E-state index in [4.69, 9.17) is 18.9 Å². The molecule has 0 aliphatic heterocycles. The molecule has 4 aromatic carbocycles. The summed E-state index contributed by atoms with van der Waals surface area (Å²) in [6.07, 6.45) is 2.91. The summed E-state index contributed by atoms with van der Waals surface area (Å²) in [5.74, 6) is 0.637. The maximum absolute atomic E-state index is 11.9. The summed E-state index contributed by atoms with van der Waals surface area (Å²) in [5.41, 5.74) is 8.34. The van der Waals surface area contributed by atoms with Crippen LogP contribution >= 0.6 is 0 Å². The largest absolute Gasteiger partial charge is 0.490 e. The summed E-state index contributed by atoms with van der Waals surface area (Å²) in [6, 6.07) is 31.9. The average Bonchev–Trinajstić information content (AvgIpc) is 3.39. The van der Waals surface area contributed by atoms with Crippen LogP contribution in [-0.4, -0.2) is 38.4 Å². The van der Waals surface area contributed by atoms with Gasteiger partial charge in [-0.2, -0.15) is 0 Å². The zero-order valence-corrected chi connectivity index (χ0v) is 27.5. The molecule has 6 nitrogen and oxygen atoms in total. The Morgan fingerprint density at radius 1 is 0.660 bits per heavy atom. The zero-order valence-electron chi connectivity index (χ0n) is 27.5. The average molecular weight is 631 g/mol. The molecular weight excluding hydrogens is 588 g/mol. The van der Waals surface area contributed by atoms with Gasteiger partial charge in [0.15, 0.2) is 0 Å². The second-order valence-corrected chi connectivity index (χ2v) is 11.8. The number of carbonyl (C=O) groups excluding carboxylic acids is 2. The summed E-state index contributed by atoms with van der Waals surface area (Å²) in [6.45, 7) is 13.5. The van der Waals surface area contributed by atoms with Gasteiger partial charge in [0.2, 0.25) is 0 Å². The summed E-state index contributed by atoms with van der Waals surface area (Å²) in [4.78, 5) is 23.6. The predicted octanol–water partition coefficient (Wildman–Crippen LogP) is 8.39. The van der Waals surface area contributed by atoms with Gasteiger partial charge in [-0.05, 0) is 83.8 Å². The van der Waals surface area contributed by atoms with E-state index in [2.05, 4.69) is 98.9 Å². The van der Waals surface area contributed by atoms with Gasteiger partial charge in [-0.3, -0.25) is 0 Å². The van der Waals surface area contributed by atoms with Gasteiger partial charge in [0, 0.05) is 11.1 Å². The molecule has 0 saturated carbocycles. The Labute approximate surface area is 277 Å². The lowest BCUT2D eigenvalue weighted by molar-refractivity contribution is -0.140. The minimum atomic E-state index is -0.584. The van der Waals surface area contributed by atoms with Crippen LogP contribution < -0.4 is 9.47 Å². The number of ether oxygens (including phenoxy) is 4. The molecule has 0 unspecified atom stereocenters. The Bertz CT molecular complexity index is 1720. The monoisotopic (exact) mass is 630 g/mol. The Kier molecular flexibility index (Phi) is 10.6. The van der Waals surface area contributed by atoms with Crippen LogP contribution in [0.15, 0.2) is 115 Å². The van der Waals surface area contributed by atoms with Crippen LogP contribution in [0.25, 0.3) is 11.1 Å². The molecule has 1 aliphatic carbocycles. The first kappa shape index (κ1) is 33.3. The number of hydrogen-bond donors (Lipinski definition) is 0. The molecule has 0 spiro atoms. The molecule has 0 amide bonds. The van der Waals surface area contributed by atoms with Gasteiger partial charge in [-0.25, -0.2) is 9.59 Å². The quantitative estimate of drug-likeness (QED) is 0.0658. The van der Waals surface area contributed by atoms with Crippen molar-refractivity contribution in [2.75, 3.05) is 26.4 Å². The van der Waals surface area contributed by atoms with E-state index in [1.807, 2.05) is 12.1 Å². The fourth-order valence-corrected chi connectivity index (χ4v) is 6.17. The van der Waals surface area contributed by atoms with Crippen molar-refractivity contribution in [3.8, 4) is 22.6 Å². The van der Waals surface area contributed by atoms with Crippen molar-refractivity contribution in [2.24, 2.45) is 0 Å². The highest BCUT2D eigenvalue weighted by Gasteiger charge is 2.46. The molecule has 0 heterocycles. The minimum absolute atomic E-state index is 0.142. The number of esters is 2. The van der Waals surface area contributed by atoms with Gasteiger partial charge in [0.25, 0.3) is 0 Å². The van der Waals surface area contributed by atoms with Crippen molar-refractivity contribution >= 4 is 11.9 Å². The van der Waals surface area contributed by atoms with Crippen molar-refractivity contribution in [1.82, 2.24) is 0 Å². The molecule has 4 aromatic rings. The van der Waals surface area contributed by atoms with Crippen LogP contribution in [0.4, 0.5) is 0 Å². The maximum atomic E-state index is 11.9. The van der Waals surface area contributed by atoms with Gasteiger partial charge < -0.3 is 18.9 Å². The molecular formula is C41H42O6. The summed E-state index contributed by atoms with van der Waals surface area (Å²) in [7, 11) is 0. The molecule has 242 valence electrons. The van der Waals surface area contributed by atoms with Gasteiger partial charge in [-0.15, -0.1) is 0 Å².